The molecule has 5 heteroatoms. The smallest absolute Gasteiger partial charge is 0.191 e. The molecule has 22 heavy (non-hydrogen) atoms. The van der Waals surface area contributed by atoms with Crippen molar-refractivity contribution in [2.24, 2.45) is 10.9 Å². The molecule has 0 aromatic heterocycles. The average molecular weight is 310 g/mol. The second-order valence-corrected chi connectivity index (χ2v) is 6.17. The van der Waals surface area contributed by atoms with E-state index in [1.807, 2.05) is 14.0 Å². The van der Waals surface area contributed by atoms with Gasteiger partial charge in [-0.1, -0.05) is 26.0 Å². The van der Waals surface area contributed by atoms with Gasteiger partial charge in [0.15, 0.2) is 5.96 Å². The van der Waals surface area contributed by atoms with Gasteiger partial charge in [0.05, 0.1) is 13.2 Å². The summed E-state index contributed by atoms with van der Waals surface area (Å²) in [5, 5.41) is 6.84. The maximum atomic E-state index is 5.47. The molecule has 128 valence electrons. The predicted molar refractivity (Wildman–Crippen MR) is 94.4 cm³/mol. The monoisotopic (exact) mass is 310 g/mol. The highest BCUT2D eigenvalue weighted by atomic mass is 16.5. The van der Waals surface area contributed by atoms with Crippen LogP contribution >= 0.6 is 0 Å². The van der Waals surface area contributed by atoms with Crippen LogP contribution in [0.25, 0.3) is 0 Å². The van der Waals surface area contributed by atoms with Gasteiger partial charge in [0.1, 0.15) is 0 Å². The van der Waals surface area contributed by atoms with Crippen LogP contribution in [0, 0.1) is 5.92 Å². The van der Waals surface area contributed by atoms with Crippen LogP contribution in [0.1, 0.15) is 33.6 Å². The van der Waals surface area contributed by atoms with Crippen molar-refractivity contribution in [3.8, 4) is 0 Å². The van der Waals surface area contributed by atoms with E-state index in [0.717, 1.165) is 51.8 Å². The molecule has 5 nitrogen and oxygen atoms in total. The van der Waals surface area contributed by atoms with Crippen molar-refractivity contribution >= 4 is 5.96 Å². The highest BCUT2D eigenvalue weighted by molar-refractivity contribution is 5.79. The lowest BCUT2D eigenvalue weighted by Gasteiger charge is -2.35. The fourth-order valence-electron chi connectivity index (χ4n) is 2.72. The summed E-state index contributed by atoms with van der Waals surface area (Å²) in [5.41, 5.74) is 0. The molecule has 1 atom stereocenters. The largest absolute Gasteiger partial charge is 0.379 e. The van der Waals surface area contributed by atoms with Crippen LogP contribution in [0.4, 0.5) is 0 Å². The topological polar surface area (TPSA) is 48.9 Å². The van der Waals surface area contributed by atoms with Gasteiger partial charge in [-0.15, -0.1) is 0 Å². The van der Waals surface area contributed by atoms with E-state index < -0.39 is 0 Å². The van der Waals surface area contributed by atoms with Crippen LogP contribution in [-0.4, -0.2) is 63.3 Å². The van der Waals surface area contributed by atoms with Crippen molar-refractivity contribution in [2.75, 3.05) is 46.4 Å². The lowest BCUT2D eigenvalue weighted by atomic mass is 10.0. The molecule has 0 aliphatic carbocycles. The van der Waals surface area contributed by atoms with Crippen molar-refractivity contribution < 1.29 is 4.74 Å². The Morgan fingerprint density at radius 2 is 2.00 bits per heavy atom. The Morgan fingerprint density at radius 1 is 1.27 bits per heavy atom. The molecule has 0 aromatic carbocycles. The van der Waals surface area contributed by atoms with Crippen LogP contribution in [0.5, 0.6) is 0 Å². The molecular weight excluding hydrogens is 276 g/mol. The van der Waals surface area contributed by atoms with Gasteiger partial charge in [0.25, 0.3) is 0 Å². The molecule has 0 bridgehead atoms. The van der Waals surface area contributed by atoms with Gasteiger partial charge in [0.2, 0.25) is 0 Å². The molecule has 0 radical (unpaired) electrons. The minimum absolute atomic E-state index is 0.540. The SMILES string of the molecule is CC=CCCNC(=NC)NCC(CC(C)C)N1CCOCC1. The number of morpholine rings is 1. The van der Waals surface area contributed by atoms with Crippen LogP contribution in [0.15, 0.2) is 17.1 Å². The molecule has 0 amide bonds. The van der Waals surface area contributed by atoms with Crippen molar-refractivity contribution in [3.05, 3.63) is 12.2 Å². The lowest BCUT2D eigenvalue weighted by Crippen LogP contribution is -2.51. The number of nitrogens with zero attached hydrogens (tertiary/aromatic N) is 2. The maximum absolute atomic E-state index is 5.47. The molecule has 1 aliphatic rings. The fraction of sp³-hybridized carbons (Fsp3) is 0.824. The summed E-state index contributed by atoms with van der Waals surface area (Å²) in [6, 6.07) is 0.540. The van der Waals surface area contributed by atoms with E-state index >= 15 is 0 Å². The van der Waals surface area contributed by atoms with Crippen molar-refractivity contribution in [1.82, 2.24) is 15.5 Å². The number of hydrogen-bond donors (Lipinski definition) is 2. The summed E-state index contributed by atoms with van der Waals surface area (Å²) in [6.45, 7) is 12.2. The van der Waals surface area contributed by atoms with E-state index in [1.54, 1.807) is 0 Å². The first-order valence-corrected chi connectivity index (χ1v) is 8.54. The number of allylic oxidation sites excluding steroid dienone is 1. The van der Waals surface area contributed by atoms with Crippen molar-refractivity contribution in [3.63, 3.8) is 0 Å². The lowest BCUT2D eigenvalue weighted by molar-refractivity contribution is 0.0132. The van der Waals surface area contributed by atoms with Crippen LogP contribution in [0.2, 0.25) is 0 Å². The summed E-state index contributed by atoms with van der Waals surface area (Å²) in [4.78, 5) is 6.85. The molecule has 1 unspecified atom stereocenters. The first-order chi connectivity index (χ1) is 10.7. The quantitative estimate of drug-likeness (QED) is 0.311. The van der Waals surface area contributed by atoms with Gasteiger partial charge in [-0.25, -0.2) is 0 Å². The molecular formula is C17H34N4O. The van der Waals surface area contributed by atoms with E-state index in [4.69, 9.17) is 4.74 Å². The third kappa shape index (κ3) is 7.80. The summed E-state index contributed by atoms with van der Waals surface area (Å²) >= 11 is 0. The van der Waals surface area contributed by atoms with Crippen LogP contribution in [0.3, 0.4) is 0 Å². The minimum atomic E-state index is 0.540. The zero-order valence-corrected chi connectivity index (χ0v) is 14.8. The molecule has 1 saturated heterocycles. The van der Waals surface area contributed by atoms with Crippen LogP contribution in [-0.2, 0) is 4.74 Å². The van der Waals surface area contributed by atoms with E-state index in [9.17, 15) is 0 Å². The maximum Gasteiger partial charge on any atom is 0.191 e. The summed E-state index contributed by atoms with van der Waals surface area (Å²) in [6.07, 6.45) is 6.46. The minimum Gasteiger partial charge on any atom is -0.379 e. The first kappa shape index (κ1) is 19.0. The Balaban J connectivity index is 2.42. The van der Waals surface area contributed by atoms with Gasteiger partial charge in [0, 0.05) is 39.3 Å². The number of hydrogen-bond acceptors (Lipinski definition) is 3. The van der Waals surface area contributed by atoms with Gasteiger partial charge < -0.3 is 15.4 Å². The number of aliphatic imine (C=N–C) groups is 1. The third-order valence-corrected chi connectivity index (χ3v) is 3.87. The van der Waals surface area contributed by atoms with Gasteiger partial charge >= 0.3 is 0 Å². The normalized spacial score (nSPS) is 18.9. The third-order valence-electron chi connectivity index (χ3n) is 3.87. The number of guanidine groups is 1. The zero-order chi connectivity index (χ0) is 16.2. The standard InChI is InChI=1S/C17H34N4O/c1-5-6-7-8-19-17(18-4)20-14-16(13-15(2)3)21-9-11-22-12-10-21/h5-6,15-16H,7-14H2,1-4H3,(H2,18,19,20). The molecule has 0 saturated carbocycles. The second kappa shape index (κ2) is 11.5. The molecule has 1 aliphatic heterocycles. The molecule has 2 N–H and O–H groups in total. The highest BCUT2D eigenvalue weighted by Gasteiger charge is 2.21. The van der Waals surface area contributed by atoms with E-state index in [2.05, 4.69) is 46.5 Å². The second-order valence-electron chi connectivity index (χ2n) is 6.17. The number of nitrogens with one attached hydrogen (secondary N) is 2. The van der Waals surface area contributed by atoms with E-state index in [-0.39, 0.29) is 0 Å². The van der Waals surface area contributed by atoms with E-state index in [1.165, 1.54) is 6.42 Å². The summed E-state index contributed by atoms with van der Waals surface area (Å²) in [5.74, 6) is 1.59. The van der Waals surface area contributed by atoms with Crippen molar-refractivity contribution in [1.29, 1.82) is 0 Å². The number of rotatable bonds is 8. The van der Waals surface area contributed by atoms with E-state index in [0.29, 0.717) is 12.0 Å². The van der Waals surface area contributed by atoms with Gasteiger partial charge in [-0.2, -0.15) is 0 Å². The predicted octanol–water partition coefficient (Wildman–Crippen LogP) is 1.86. The average Bonchev–Trinajstić information content (AvgIpc) is 2.53. The Morgan fingerprint density at radius 3 is 2.59 bits per heavy atom. The fourth-order valence-corrected chi connectivity index (χ4v) is 2.72. The summed E-state index contributed by atoms with van der Waals surface area (Å²) < 4.78 is 5.47. The molecule has 0 spiro atoms. The Labute approximate surface area is 136 Å². The molecule has 1 fully saturated rings. The first-order valence-electron chi connectivity index (χ1n) is 8.54. The molecule has 1 heterocycles. The molecule has 1 rings (SSSR count). The Hall–Kier alpha value is -1.07. The highest BCUT2D eigenvalue weighted by Crippen LogP contribution is 2.12. The van der Waals surface area contributed by atoms with Crippen LogP contribution < -0.4 is 10.6 Å². The number of ether oxygens (including phenoxy) is 1. The Bertz CT molecular complexity index is 336. The summed E-state index contributed by atoms with van der Waals surface area (Å²) in [7, 11) is 1.83. The zero-order valence-electron chi connectivity index (χ0n) is 14.8. The van der Waals surface area contributed by atoms with Gasteiger partial charge in [-0.3, -0.25) is 9.89 Å². The van der Waals surface area contributed by atoms with Gasteiger partial charge in [-0.05, 0) is 25.7 Å². The Kier molecular flexibility index (Phi) is 9.91. The van der Waals surface area contributed by atoms with Crippen molar-refractivity contribution in [2.45, 2.75) is 39.7 Å². The molecule has 0 aromatic rings.